The van der Waals surface area contributed by atoms with Crippen molar-refractivity contribution >= 4 is 22.9 Å². The summed E-state index contributed by atoms with van der Waals surface area (Å²) >= 11 is 0. The fourth-order valence-corrected chi connectivity index (χ4v) is 6.68. The Kier molecular flexibility index (Phi) is 9.11. The van der Waals surface area contributed by atoms with Crippen molar-refractivity contribution in [3.8, 4) is 23.3 Å². The number of fused-ring (bicyclic) bond motifs is 1. The van der Waals surface area contributed by atoms with E-state index >= 15 is 0 Å². The van der Waals surface area contributed by atoms with Crippen molar-refractivity contribution in [2.24, 2.45) is 0 Å². The number of carbonyl (C=O) groups is 1. The number of carbonyl (C=O) groups excluding carboxylic acids is 1. The molecule has 2 saturated heterocycles. The first-order chi connectivity index (χ1) is 22.7. The molecule has 4 heterocycles. The lowest BCUT2D eigenvalue weighted by atomic mass is 9.97. The van der Waals surface area contributed by atoms with Crippen LogP contribution in [0.2, 0.25) is 0 Å². The van der Waals surface area contributed by atoms with E-state index in [1.54, 1.807) is 33.7 Å². The number of hydrogen-bond acceptors (Lipinski definition) is 9. The van der Waals surface area contributed by atoms with Crippen LogP contribution in [0.15, 0.2) is 77.4 Å². The number of likely N-dealkylation sites (tertiary alicyclic amines) is 1. The first kappa shape index (κ1) is 32.0. The van der Waals surface area contributed by atoms with Crippen LogP contribution >= 0.6 is 0 Å². The van der Waals surface area contributed by atoms with E-state index in [0.29, 0.717) is 41.3 Å². The summed E-state index contributed by atoms with van der Waals surface area (Å²) < 4.78 is 8.99. The third kappa shape index (κ3) is 6.50. The summed E-state index contributed by atoms with van der Waals surface area (Å²) in [7, 11) is 0. The summed E-state index contributed by atoms with van der Waals surface area (Å²) in [6.45, 7) is 11.7. The van der Waals surface area contributed by atoms with Crippen LogP contribution in [0.25, 0.3) is 16.9 Å². The average molecular weight is 636 g/mol. The second-order valence-corrected chi connectivity index (χ2v) is 12.6. The van der Waals surface area contributed by atoms with Crippen LogP contribution in [0.5, 0.6) is 11.5 Å². The van der Waals surface area contributed by atoms with E-state index in [-0.39, 0.29) is 35.6 Å². The van der Waals surface area contributed by atoms with Crippen molar-refractivity contribution in [3.63, 3.8) is 0 Å². The van der Waals surface area contributed by atoms with Gasteiger partial charge in [0, 0.05) is 44.8 Å². The first-order valence-electron chi connectivity index (χ1n) is 16.2. The van der Waals surface area contributed by atoms with Gasteiger partial charge in [0.05, 0.1) is 11.7 Å². The topological polar surface area (TPSA) is 139 Å². The molecule has 1 amide bonds. The van der Waals surface area contributed by atoms with E-state index in [2.05, 4.69) is 46.6 Å². The van der Waals surface area contributed by atoms with Crippen LogP contribution in [0, 0.1) is 11.3 Å². The second kappa shape index (κ2) is 13.4. The Labute approximate surface area is 274 Å². The standard InChI is InChI=1S/C35H41N9O3/c1-4-40-17-19-41(20-18-40)35(2,3)21-25(22-36)33(45)42-16-8-9-27(42)23-43-32-30(31(37)38-24-39-32)44(34(43)46)26-12-14-29(15-13-26)47-28-10-6-5-7-11-28/h5-7,10-15,21,24,27H,4,8-9,16-20,23H2,1-3H3,(H2,37,38,39)/b25-21-/t27-/m0/s1. The number of imidazole rings is 1. The molecule has 12 nitrogen and oxygen atoms in total. The maximum Gasteiger partial charge on any atom is 0.335 e. The third-order valence-corrected chi connectivity index (χ3v) is 9.32. The molecular formula is C35H41N9O3. The van der Waals surface area contributed by atoms with Gasteiger partial charge in [-0.1, -0.05) is 25.1 Å². The van der Waals surface area contributed by atoms with Crippen LogP contribution in [-0.4, -0.2) is 90.6 Å². The number of benzene rings is 2. The SMILES string of the molecule is CCN1CCN(C(C)(C)/C=C(/C#N)C(=O)N2CCC[C@H]2Cn2c(=O)n(-c3ccc(Oc4ccccc4)cc3)c3c(N)ncnc32)CC1. The van der Waals surface area contributed by atoms with Crippen LogP contribution in [0.3, 0.4) is 0 Å². The number of para-hydroxylation sites is 1. The van der Waals surface area contributed by atoms with Crippen molar-refractivity contribution < 1.29 is 9.53 Å². The number of nitrogens with zero attached hydrogens (tertiary/aromatic N) is 8. The number of rotatable bonds is 9. The number of anilines is 1. The molecule has 4 aromatic rings. The molecule has 2 fully saturated rings. The number of piperazine rings is 1. The smallest absolute Gasteiger partial charge is 0.335 e. The Morgan fingerprint density at radius 2 is 1.74 bits per heavy atom. The van der Waals surface area contributed by atoms with Crippen molar-refractivity contribution in [1.82, 2.24) is 33.8 Å². The van der Waals surface area contributed by atoms with E-state index < -0.39 is 5.54 Å². The largest absolute Gasteiger partial charge is 0.457 e. The summed E-state index contributed by atoms with van der Waals surface area (Å²) in [6.07, 6.45) is 4.61. The third-order valence-electron chi connectivity index (χ3n) is 9.32. The summed E-state index contributed by atoms with van der Waals surface area (Å²) in [4.78, 5) is 43.0. The minimum Gasteiger partial charge on any atom is -0.457 e. The zero-order valence-electron chi connectivity index (χ0n) is 27.2. The van der Waals surface area contributed by atoms with E-state index in [1.807, 2.05) is 36.4 Å². The highest BCUT2D eigenvalue weighted by atomic mass is 16.5. The number of likely N-dealkylation sites (N-methyl/N-ethyl adjacent to an activating group) is 1. The number of ether oxygens (including phenoxy) is 1. The van der Waals surface area contributed by atoms with Gasteiger partial charge in [-0.05, 0) is 75.7 Å². The number of nitrogens with two attached hydrogens (primary N) is 1. The molecule has 12 heteroatoms. The van der Waals surface area contributed by atoms with Crippen LogP contribution in [0.1, 0.15) is 33.6 Å². The molecule has 2 N–H and O–H groups in total. The minimum atomic E-state index is -0.462. The molecule has 0 spiro atoms. The maximum absolute atomic E-state index is 14.1. The van der Waals surface area contributed by atoms with Gasteiger partial charge in [0.2, 0.25) is 0 Å². The van der Waals surface area contributed by atoms with Gasteiger partial charge in [0.1, 0.15) is 35.0 Å². The number of amides is 1. The Balaban J connectivity index is 1.26. The Hall–Kier alpha value is -4.99. The van der Waals surface area contributed by atoms with Crippen molar-refractivity contribution in [2.75, 3.05) is 45.0 Å². The summed E-state index contributed by atoms with van der Waals surface area (Å²) in [5, 5.41) is 10.1. The molecule has 47 heavy (non-hydrogen) atoms. The molecule has 0 saturated carbocycles. The number of hydrogen-bond donors (Lipinski definition) is 1. The molecule has 0 aliphatic carbocycles. The highest BCUT2D eigenvalue weighted by Gasteiger charge is 2.35. The lowest BCUT2D eigenvalue weighted by Crippen LogP contribution is -2.54. The molecule has 0 bridgehead atoms. The monoisotopic (exact) mass is 635 g/mol. The van der Waals surface area contributed by atoms with Crippen LogP contribution in [0.4, 0.5) is 5.82 Å². The van der Waals surface area contributed by atoms with Crippen molar-refractivity contribution in [3.05, 3.63) is 83.1 Å². The molecule has 2 aromatic heterocycles. The van der Waals surface area contributed by atoms with E-state index in [1.165, 1.54) is 10.9 Å². The molecule has 0 radical (unpaired) electrons. The highest BCUT2D eigenvalue weighted by molar-refractivity contribution is 5.97. The van der Waals surface area contributed by atoms with E-state index in [0.717, 1.165) is 39.1 Å². The van der Waals surface area contributed by atoms with Gasteiger partial charge < -0.3 is 20.3 Å². The van der Waals surface area contributed by atoms with Gasteiger partial charge in [-0.3, -0.25) is 18.8 Å². The molecule has 2 aromatic carbocycles. The summed E-state index contributed by atoms with van der Waals surface area (Å²) in [5.41, 5.74) is 7.00. The highest BCUT2D eigenvalue weighted by Crippen LogP contribution is 2.28. The second-order valence-electron chi connectivity index (χ2n) is 12.6. The normalized spacial score (nSPS) is 18.0. The van der Waals surface area contributed by atoms with Gasteiger partial charge in [-0.25, -0.2) is 14.8 Å². The van der Waals surface area contributed by atoms with Gasteiger partial charge in [0.15, 0.2) is 11.5 Å². The summed E-state index contributed by atoms with van der Waals surface area (Å²) in [6, 6.07) is 18.5. The molecule has 6 rings (SSSR count). The Morgan fingerprint density at radius 3 is 2.43 bits per heavy atom. The first-order valence-corrected chi connectivity index (χ1v) is 16.2. The lowest BCUT2D eigenvalue weighted by Gasteiger charge is -2.42. The number of aromatic nitrogens is 4. The lowest BCUT2D eigenvalue weighted by molar-refractivity contribution is -0.127. The molecular weight excluding hydrogens is 594 g/mol. The molecule has 244 valence electrons. The Morgan fingerprint density at radius 1 is 1.04 bits per heavy atom. The quantitative estimate of drug-likeness (QED) is 0.215. The Bertz CT molecular complexity index is 1860. The van der Waals surface area contributed by atoms with Gasteiger partial charge in [-0.2, -0.15) is 5.26 Å². The van der Waals surface area contributed by atoms with Gasteiger partial charge in [0.25, 0.3) is 5.91 Å². The zero-order chi connectivity index (χ0) is 33.1. The maximum atomic E-state index is 14.1. The molecule has 1 atom stereocenters. The predicted molar refractivity (Wildman–Crippen MR) is 180 cm³/mol. The fraction of sp³-hybridized carbons (Fsp3) is 0.400. The summed E-state index contributed by atoms with van der Waals surface area (Å²) in [5.74, 6) is 1.19. The number of nitriles is 1. The molecule has 2 aliphatic heterocycles. The van der Waals surface area contributed by atoms with Gasteiger partial charge >= 0.3 is 5.69 Å². The van der Waals surface area contributed by atoms with E-state index in [9.17, 15) is 14.9 Å². The average Bonchev–Trinajstić information content (AvgIpc) is 3.67. The minimum absolute atomic E-state index is 0.124. The molecule has 2 aliphatic rings. The molecule has 0 unspecified atom stereocenters. The van der Waals surface area contributed by atoms with E-state index in [4.69, 9.17) is 10.5 Å². The van der Waals surface area contributed by atoms with Crippen LogP contribution < -0.4 is 16.2 Å². The predicted octanol–water partition coefficient (Wildman–Crippen LogP) is 3.81. The van der Waals surface area contributed by atoms with Crippen molar-refractivity contribution in [1.29, 1.82) is 5.26 Å². The van der Waals surface area contributed by atoms with Crippen LogP contribution in [-0.2, 0) is 11.3 Å². The number of nitrogen functional groups attached to an aromatic ring is 1. The fourth-order valence-electron chi connectivity index (χ4n) is 6.68. The van der Waals surface area contributed by atoms with Crippen molar-refractivity contribution in [2.45, 2.75) is 51.7 Å². The zero-order valence-corrected chi connectivity index (χ0v) is 27.2. The van der Waals surface area contributed by atoms with Gasteiger partial charge in [-0.15, -0.1) is 0 Å².